The minimum atomic E-state index is 0.159. The molecule has 1 N–H and O–H groups in total. The number of likely N-dealkylation sites (N-methyl/N-ethyl adjacent to an activating group) is 2. The lowest BCUT2D eigenvalue weighted by Crippen LogP contribution is -2.41. The van der Waals surface area contributed by atoms with Gasteiger partial charge in [-0.1, -0.05) is 13.8 Å². The molecular weight excluding hydrogens is 474 g/mol. The zero-order valence-electron chi connectivity index (χ0n) is 21.9. The zero-order chi connectivity index (χ0) is 25.6. The second-order valence-corrected chi connectivity index (χ2v) is 11.4. The molecule has 4 aromatic heterocycles. The quantitative estimate of drug-likeness (QED) is 0.394. The standard InChI is InChI=1S/C26H35N7O2S/c1-15(2)21-22(17-11-19(35-6)24-27-14-28-33(24)12-17)29-26-23(21)30-25(36-26)16-7-9-18(10-8-16)32(5)13-20(34)31(3)4/h11-12,14-16,18,29H,7-10,13H2,1-6H3. The van der Waals surface area contributed by atoms with Gasteiger partial charge in [0.25, 0.3) is 0 Å². The van der Waals surface area contributed by atoms with Crippen LogP contribution in [-0.2, 0) is 4.79 Å². The minimum Gasteiger partial charge on any atom is -0.493 e. The number of aromatic amines is 1. The number of pyridine rings is 1. The summed E-state index contributed by atoms with van der Waals surface area (Å²) in [5.41, 5.74) is 5.08. The molecule has 1 aliphatic rings. The van der Waals surface area contributed by atoms with E-state index in [9.17, 15) is 4.79 Å². The van der Waals surface area contributed by atoms with Gasteiger partial charge in [-0.05, 0) is 44.7 Å². The third-order valence-corrected chi connectivity index (χ3v) is 8.52. The molecule has 0 unspecified atom stereocenters. The topological polar surface area (TPSA) is 91.7 Å². The van der Waals surface area contributed by atoms with E-state index in [0.717, 1.165) is 47.3 Å². The first-order valence-electron chi connectivity index (χ1n) is 12.6. The van der Waals surface area contributed by atoms with Gasteiger partial charge in [0.15, 0.2) is 11.4 Å². The number of hydrogen-bond donors (Lipinski definition) is 1. The Morgan fingerprint density at radius 3 is 2.67 bits per heavy atom. The number of carbonyl (C=O) groups excluding carboxylic acids is 1. The summed E-state index contributed by atoms with van der Waals surface area (Å²) in [4.78, 5) is 30.3. The summed E-state index contributed by atoms with van der Waals surface area (Å²) in [6, 6.07) is 2.47. The normalized spacial score (nSPS) is 18.6. The van der Waals surface area contributed by atoms with E-state index in [2.05, 4.69) is 40.9 Å². The third kappa shape index (κ3) is 4.48. The van der Waals surface area contributed by atoms with Crippen molar-refractivity contribution < 1.29 is 9.53 Å². The van der Waals surface area contributed by atoms with Crippen molar-refractivity contribution in [3.8, 4) is 17.0 Å². The van der Waals surface area contributed by atoms with Gasteiger partial charge in [-0.15, -0.1) is 11.3 Å². The Morgan fingerprint density at radius 1 is 1.25 bits per heavy atom. The molecule has 1 fully saturated rings. The zero-order valence-corrected chi connectivity index (χ0v) is 22.7. The molecule has 36 heavy (non-hydrogen) atoms. The van der Waals surface area contributed by atoms with Gasteiger partial charge in [-0.3, -0.25) is 9.69 Å². The van der Waals surface area contributed by atoms with Crippen molar-refractivity contribution in [2.75, 3.05) is 34.8 Å². The summed E-state index contributed by atoms with van der Waals surface area (Å²) < 4.78 is 7.34. The highest BCUT2D eigenvalue weighted by atomic mass is 32.1. The maximum Gasteiger partial charge on any atom is 0.236 e. The molecule has 1 aliphatic carbocycles. The second kappa shape index (κ2) is 9.82. The number of hydrogen-bond acceptors (Lipinski definition) is 7. The van der Waals surface area contributed by atoms with E-state index >= 15 is 0 Å². The van der Waals surface area contributed by atoms with Gasteiger partial charge in [-0.2, -0.15) is 5.10 Å². The summed E-state index contributed by atoms with van der Waals surface area (Å²) in [5.74, 6) is 1.63. The average molecular weight is 510 g/mol. The lowest BCUT2D eigenvalue weighted by Gasteiger charge is -2.34. The predicted octanol–water partition coefficient (Wildman–Crippen LogP) is 4.51. The van der Waals surface area contributed by atoms with E-state index in [1.165, 1.54) is 10.6 Å². The number of H-pyrrole nitrogens is 1. The fourth-order valence-corrected chi connectivity index (χ4v) is 6.45. The molecule has 192 valence electrons. The Hall–Kier alpha value is -2.98. The van der Waals surface area contributed by atoms with Gasteiger partial charge < -0.3 is 14.6 Å². The molecule has 0 saturated heterocycles. The van der Waals surface area contributed by atoms with E-state index < -0.39 is 0 Å². The number of aromatic nitrogens is 5. The Labute approximate surface area is 215 Å². The van der Waals surface area contributed by atoms with Crippen molar-refractivity contribution in [2.45, 2.75) is 57.4 Å². The van der Waals surface area contributed by atoms with Gasteiger partial charge >= 0.3 is 0 Å². The Balaban J connectivity index is 1.39. The van der Waals surface area contributed by atoms with Crippen molar-refractivity contribution in [1.29, 1.82) is 0 Å². The molecular formula is C26H35N7O2S. The lowest BCUT2D eigenvalue weighted by atomic mass is 9.86. The molecule has 0 atom stereocenters. The number of thiazole rings is 1. The first-order valence-corrected chi connectivity index (χ1v) is 13.4. The highest BCUT2D eigenvalue weighted by Crippen LogP contribution is 2.42. The highest BCUT2D eigenvalue weighted by molar-refractivity contribution is 7.18. The van der Waals surface area contributed by atoms with Gasteiger partial charge in [0, 0.05) is 43.4 Å². The van der Waals surface area contributed by atoms with Crippen LogP contribution in [0, 0.1) is 0 Å². The number of fused-ring (bicyclic) bond motifs is 2. The maximum atomic E-state index is 12.1. The molecule has 4 aromatic rings. The number of methoxy groups -OCH3 is 1. The predicted molar refractivity (Wildman–Crippen MR) is 143 cm³/mol. The molecule has 0 aromatic carbocycles. The average Bonchev–Trinajstić information content (AvgIpc) is 3.57. The van der Waals surface area contributed by atoms with Crippen LogP contribution in [0.5, 0.6) is 5.75 Å². The number of amides is 1. The van der Waals surface area contributed by atoms with Gasteiger partial charge in [0.05, 0.1) is 24.4 Å². The molecule has 0 bridgehead atoms. The molecule has 9 nitrogen and oxygen atoms in total. The van der Waals surface area contributed by atoms with Crippen molar-refractivity contribution in [3.05, 3.63) is 29.2 Å². The van der Waals surface area contributed by atoms with Crippen molar-refractivity contribution in [1.82, 2.24) is 34.4 Å². The Bertz CT molecular complexity index is 1380. The molecule has 0 radical (unpaired) electrons. The second-order valence-electron chi connectivity index (χ2n) is 10.3. The number of carbonyl (C=O) groups is 1. The molecule has 4 heterocycles. The van der Waals surface area contributed by atoms with E-state index in [4.69, 9.17) is 9.72 Å². The van der Waals surface area contributed by atoms with Crippen molar-refractivity contribution >= 4 is 33.2 Å². The van der Waals surface area contributed by atoms with Gasteiger partial charge in [0.1, 0.15) is 16.7 Å². The molecule has 5 rings (SSSR count). The van der Waals surface area contributed by atoms with Crippen LogP contribution in [0.15, 0.2) is 18.6 Å². The summed E-state index contributed by atoms with van der Waals surface area (Å²) in [5, 5.41) is 5.54. The molecule has 10 heteroatoms. The van der Waals surface area contributed by atoms with Crippen LogP contribution in [0.4, 0.5) is 0 Å². The van der Waals surface area contributed by atoms with Crippen LogP contribution in [0.25, 0.3) is 27.3 Å². The van der Waals surface area contributed by atoms with E-state index in [1.807, 2.05) is 26.4 Å². The van der Waals surface area contributed by atoms with E-state index in [1.54, 1.807) is 34.2 Å². The molecule has 1 amide bonds. The minimum absolute atomic E-state index is 0.159. The molecule has 1 saturated carbocycles. The van der Waals surface area contributed by atoms with Gasteiger partial charge in [0.2, 0.25) is 5.91 Å². The number of nitrogens with zero attached hydrogens (tertiary/aromatic N) is 6. The monoisotopic (exact) mass is 509 g/mol. The fraction of sp³-hybridized carbons (Fsp3) is 0.538. The fourth-order valence-electron chi connectivity index (χ4n) is 5.30. The smallest absolute Gasteiger partial charge is 0.236 e. The van der Waals surface area contributed by atoms with Crippen LogP contribution in [0.1, 0.15) is 61.9 Å². The molecule has 0 aliphatic heterocycles. The van der Waals surface area contributed by atoms with Crippen LogP contribution >= 0.6 is 11.3 Å². The Kier molecular flexibility index (Phi) is 6.74. The van der Waals surface area contributed by atoms with Crippen molar-refractivity contribution in [2.24, 2.45) is 0 Å². The summed E-state index contributed by atoms with van der Waals surface area (Å²) >= 11 is 1.78. The maximum absolute atomic E-state index is 12.1. The lowest BCUT2D eigenvalue weighted by molar-refractivity contribution is -0.130. The van der Waals surface area contributed by atoms with Gasteiger partial charge in [-0.25, -0.2) is 14.5 Å². The van der Waals surface area contributed by atoms with Crippen LogP contribution in [-0.4, -0.2) is 81.1 Å². The summed E-state index contributed by atoms with van der Waals surface area (Å²) in [6.45, 7) is 4.91. The number of nitrogens with one attached hydrogen (secondary N) is 1. The SMILES string of the molecule is COc1cc(-c2[nH]c3sc(C4CCC(N(C)CC(=O)N(C)C)CC4)nc3c2C(C)C)cn2ncnc12. The van der Waals surface area contributed by atoms with E-state index in [0.29, 0.717) is 35.8 Å². The Morgan fingerprint density at radius 2 is 2.00 bits per heavy atom. The van der Waals surface area contributed by atoms with Crippen LogP contribution < -0.4 is 4.74 Å². The third-order valence-electron chi connectivity index (χ3n) is 7.39. The van der Waals surface area contributed by atoms with E-state index in [-0.39, 0.29) is 5.91 Å². The summed E-state index contributed by atoms with van der Waals surface area (Å²) in [6.07, 6.45) is 7.92. The number of ether oxygens (including phenoxy) is 1. The van der Waals surface area contributed by atoms with Crippen molar-refractivity contribution in [3.63, 3.8) is 0 Å². The largest absolute Gasteiger partial charge is 0.493 e. The first kappa shape index (κ1) is 24.7. The number of rotatable bonds is 7. The van der Waals surface area contributed by atoms with Crippen LogP contribution in [0.2, 0.25) is 0 Å². The first-order chi connectivity index (χ1) is 17.3. The summed E-state index contributed by atoms with van der Waals surface area (Å²) in [7, 11) is 7.36. The molecule has 0 spiro atoms. The highest BCUT2D eigenvalue weighted by Gasteiger charge is 2.29. The van der Waals surface area contributed by atoms with Crippen LogP contribution in [0.3, 0.4) is 0 Å².